The number of aliphatic hydroxyl groups is 1. The molecule has 1 saturated heterocycles. The van der Waals surface area contributed by atoms with Gasteiger partial charge < -0.3 is 5.11 Å². The van der Waals surface area contributed by atoms with Crippen molar-refractivity contribution in [2.24, 2.45) is 5.92 Å². The predicted molar refractivity (Wildman–Crippen MR) is 76.1 cm³/mol. The van der Waals surface area contributed by atoms with Crippen molar-refractivity contribution < 1.29 is 23.0 Å². The standard InChI is InChI=1S/C14H20F2O3S/c15-12-7-11(8-13(16)9-12)14(1-4-17)10-2-5-20(18,19)6-3-10/h7-10,14,17-19H,1-6H2/t14-/m1/s1. The average Bonchev–Trinajstić information content (AvgIpc) is 2.35. The Bertz CT molecular complexity index is 437. The minimum Gasteiger partial charge on any atom is -0.396 e. The van der Waals surface area contributed by atoms with Gasteiger partial charge in [0.25, 0.3) is 0 Å². The van der Waals surface area contributed by atoms with E-state index in [2.05, 4.69) is 0 Å². The summed E-state index contributed by atoms with van der Waals surface area (Å²) in [6.45, 7) is -0.0600. The van der Waals surface area contributed by atoms with E-state index >= 15 is 0 Å². The van der Waals surface area contributed by atoms with Gasteiger partial charge in [-0.25, -0.2) is 8.78 Å². The van der Waals surface area contributed by atoms with Crippen LogP contribution in [0, 0.1) is 17.6 Å². The fourth-order valence-electron chi connectivity index (χ4n) is 2.93. The first-order chi connectivity index (χ1) is 9.41. The van der Waals surface area contributed by atoms with Crippen LogP contribution in [-0.4, -0.2) is 32.3 Å². The molecule has 3 nitrogen and oxygen atoms in total. The van der Waals surface area contributed by atoms with Crippen LogP contribution in [0.3, 0.4) is 0 Å². The summed E-state index contributed by atoms with van der Waals surface area (Å²) in [6, 6.07) is 3.43. The molecule has 1 atom stereocenters. The van der Waals surface area contributed by atoms with Gasteiger partial charge in [-0.3, -0.25) is 9.11 Å². The Balaban J connectivity index is 2.18. The van der Waals surface area contributed by atoms with Gasteiger partial charge >= 0.3 is 0 Å². The lowest BCUT2D eigenvalue weighted by molar-refractivity contribution is 0.246. The van der Waals surface area contributed by atoms with Gasteiger partial charge in [0.05, 0.1) is 0 Å². The minimum atomic E-state index is -2.47. The molecular weight excluding hydrogens is 286 g/mol. The number of benzene rings is 1. The number of aliphatic hydroxyl groups excluding tert-OH is 1. The zero-order valence-corrected chi connectivity index (χ0v) is 12.0. The van der Waals surface area contributed by atoms with E-state index in [9.17, 15) is 23.0 Å². The van der Waals surface area contributed by atoms with Crippen LogP contribution in [0.15, 0.2) is 18.2 Å². The van der Waals surface area contributed by atoms with Crippen molar-refractivity contribution in [3.05, 3.63) is 35.4 Å². The topological polar surface area (TPSA) is 60.7 Å². The number of hydrogen-bond acceptors (Lipinski definition) is 3. The van der Waals surface area contributed by atoms with E-state index in [1.807, 2.05) is 0 Å². The highest BCUT2D eigenvalue weighted by Crippen LogP contribution is 2.49. The van der Waals surface area contributed by atoms with Gasteiger partial charge in [0.1, 0.15) is 11.6 Å². The first-order valence-electron chi connectivity index (χ1n) is 6.72. The van der Waals surface area contributed by atoms with Gasteiger partial charge in [0.15, 0.2) is 0 Å². The van der Waals surface area contributed by atoms with Gasteiger partial charge in [0, 0.05) is 24.2 Å². The summed E-state index contributed by atoms with van der Waals surface area (Å²) in [5, 5.41) is 9.19. The fraction of sp³-hybridized carbons (Fsp3) is 0.571. The molecule has 1 aromatic carbocycles. The molecule has 1 aliphatic rings. The Kier molecular flexibility index (Phi) is 5.01. The van der Waals surface area contributed by atoms with Crippen molar-refractivity contribution in [3.8, 4) is 0 Å². The molecule has 0 aliphatic carbocycles. The molecule has 1 heterocycles. The van der Waals surface area contributed by atoms with Gasteiger partial charge in [-0.1, -0.05) is 0 Å². The van der Waals surface area contributed by atoms with Crippen molar-refractivity contribution in [1.82, 2.24) is 0 Å². The van der Waals surface area contributed by atoms with Crippen LogP contribution in [0.1, 0.15) is 30.7 Å². The molecule has 0 saturated carbocycles. The first kappa shape index (κ1) is 15.7. The molecule has 1 aliphatic heterocycles. The maximum atomic E-state index is 13.3. The maximum Gasteiger partial charge on any atom is 0.126 e. The SMILES string of the molecule is OCC[C@@H](c1cc(F)cc(F)c1)C1CCS(O)(O)CC1. The average molecular weight is 306 g/mol. The normalized spacial score (nSPS) is 22.4. The number of rotatable bonds is 4. The molecule has 0 unspecified atom stereocenters. The Labute approximate surface area is 119 Å². The third kappa shape index (κ3) is 3.91. The second kappa shape index (κ2) is 6.39. The molecule has 6 heteroatoms. The van der Waals surface area contributed by atoms with E-state index in [-0.39, 0.29) is 18.4 Å². The van der Waals surface area contributed by atoms with E-state index < -0.39 is 22.2 Å². The number of halogens is 2. The van der Waals surface area contributed by atoms with Crippen molar-refractivity contribution in [2.75, 3.05) is 18.1 Å². The Morgan fingerprint density at radius 1 is 1.10 bits per heavy atom. The van der Waals surface area contributed by atoms with Crippen molar-refractivity contribution in [2.45, 2.75) is 25.2 Å². The predicted octanol–water partition coefficient (Wildman–Crippen LogP) is 3.59. The highest BCUT2D eigenvalue weighted by Gasteiger charge is 2.30. The third-order valence-electron chi connectivity index (χ3n) is 3.95. The molecule has 3 N–H and O–H groups in total. The smallest absolute Gasteiger partial charge is 0.126 e. The van der Waals surface area contributed by atoms with E-state index in [0.29, 0.717) is 36.3 Å². The van der Waals surface area contributed by atoms with Crippen molar-refractivity contribution in [3.63, 3.8) is 0 Å². The Morgan fingerprint density at radius 2 is 1.65 bits per heavy atom. The highest BCUT2D eigenvalue weighted by atomic mass is 32.3. The summed E-state index contributed by atoms with van der Waals surface area (Å²) in [6.07, 6.45) is 1.63. The van der Waals surface area contributed by atoms with Crippen LogP contribution in [0.2, 0.25) is 0 Å². The summed E-state index contributed by atoms with van der Waals surface area (Å²) in [4.78, 5) is 0. The Morgan fingerprint density at radius 3 is 2.15 bits per heavy atom. The zero-order valence-electron chi connectivity index (χ0n) is 11.1. The summed E-state index contributed by atoms with van der Waals surface area (Å²) >= 11 is 0. The lowest BCUT2D eigenvalue weighted by atomic mass is 9.80. The molecular formula is C14H20F2O3S. The van der Waals surface area contributed by atoms with Gasteiger partial charge in [0.2, 0.25) is 0 Å². The number of hydrogen-bond donors (Lipinski definition) is 3. The third-order valence-corrected chi connectivity index (χ3v) is 5.73. The summed E-state index contributed by atoms with van der Waals surface area (Å²) in [7, 11) is -2.47. The van der Waals surface area contributed by atoms with Crippen LogP contribution >= 0.6 is 10.6 Å². The molecule has 20 heavy (non-hydrogen) atoms. The summed E-state index contributed by atoms with van der Waals surface area (Å²) in [5.74, 6) is -0.621. The molecule has 0 aromatic heterocycles. The van der Waals surface area contributed by atoms with Crippen LogP contribution < -0.4 is 0 Å². The van der Waals surface area contributed by atoms with Crippen LogP contribution in [-0.2, 0) is 0 Å². The molecule has 0 bridgehead atoms. The van der Waals surface area contributed by atoms with Gasteiger partial charge in [-0.15, -0.1) is 0 Å². The largest absolute Gasteiger partial charge is 0.396 e. The van der Waals surface area contributed by atoms with Crippen LogP contribution in [0.25, 0.3) is 0 Å². The monoisotopic (exact) mass is 306 g/mol. The molecule has 0 amide bonds. The lowest BCUT2D eigenvalue weighted by Gasteiger charge is -2.41. The summed E-state index contributed by atoms with van der Waals surface area (Å²) in [5.41, 5.74) is 0.542. The minimum absolute atomic E-state index is 0.0600. The molecule has 2 rings (SSSR count). The Hall–Kier alpha value is -0.690. The maximum absolute atomic E-state index is 13.3. The van der Waals surface area contributed by atoms with Gasteiger partial charge in [-0.05, 0) is 48.8 Å². The summed E-state index contributed by atoms with van der Waals surface area (Å²) < 4.78 is 45.9. The first-order valence-corrected chi connectivity index (χ1v) is 8.60. The highest BCUT2D eigenvalue weighted by molar-refractivity contribution is 8.24. The fourth-order valence-corrected chi connectivity index (χ4v) is 4.50. The van der Waals surface area contributed by atoms with E-state index in [0.717, 1.165) is 6.07 Å². The van der Waals surface area contributed by atoms with Crippen molar-refractivity contribution in [1.29, 1.82) is 0 Å². The zero-order chi connectivity index (χ0) is 14.8. The van der Waals surface area contributed by atoms with E-state index in [1.165, 1.54) is 12.1 Å². The molecule has 114 valence electrons. The molecule has 1 aromatic rings. The molecule has 1 fully saturated rings. The van der Waals surface area contributed by atoms with Crippen molar-refractivity contribution >= 4 is 10.6 Å². The van der Waals surface area contributed by atoms with Gasteiger partial charge in [-0.2, -0.15) is 10.6 Å². The lowest BCUT2D eigenvalue weighted by Crippen LogP contribution is -2.26. The quantitative estimate of drug-likeness (QED) is 0.796. The second-order valence-electron chi connectivity index (χ2n) is 5.37. The van der Waals surface area contributed by atoms with E-state index in [1.54, 1.807) is 0 Å². The van der Waals surface area contributed by atoms with Crippen LogP contribution in [0.5, 0.6) is 0 Å². The van der Waals surface area contributed by atoms with E-state index in [4.69, 9.17) is 0 Å². The molecule has 0 spiro atoms. The molecule has 0 radical (unpaired) electrons. The van der Waals surface area contributed by atoms with Crippen LogP contribution in [0.4, 0.5) is 8.78 Å². The second-order valence-corrected chi connectivity index (χ2v) is 7.79.